The average Bonchev–Trinajstić information content (AvgIpc) is 3.10. The number of tetrazole rings is 1. The SMILES string of the molecule is COC(=O)c1ccccc1NC(=O)Cn1nnc(-c2ccc(C)cc2)n1. The Hall–Kier alpha value is -3.55. The molecule has 1 aromatic heterocycles. The third-order valence-corrected chi connectivity index (χ3v) is 3.65. The van der Waals surface area contributed by atoms with E-state index >= 15 is 0 Å². The van der Waals surface area contributed by atoms with Gasteiger partial charge in [-0.15, -0.1) is 10.2 Å². The minimum Gasteiger partial charge on any atom is -0.465 e. The van der Waals surface area contributed by atoms with Crippen LogP contribution in [0.3, 0.4) is 0 Å². The van der Waals surface area contributed by atoms with E-state index in [-0.39, 0.29) is 18.0 Å². The number of para-hydroxylation sites is 1. The Bertz CT molecular complexity index is 934. The predicted octanol–water partition coefficient (Wildman–Crippen LogP) is 2.07. The zero-order chi connectivity index (χ0) is 18.5. The Balaban J connectivity index is 1.70. The molecular formula is C18H17N5O3. The zero-order valence-electron chi connectivity index (χ0n) is 14.3. The molecule has 0 aliphatic rings. The summed E-state index contributed by atoms with van der Waals surface area (Å²) in [5.41, 5.74) is 2.58. The number of ether oxygens (including phenoxy) is 1. The van der Waals surface area contributed by atoms with Crippen LogP contribution in [0.25, 0.3) is 11.4 Å². The number of amides is 1. The number of aromatic nitrogens is 4. The molecule has 0 spiro atoms. The summed E-state index contributed by atoms with van der Waals surface area (Å²) in [4.78, 5) is 25.2. The minimum absolute atomic E-state index is 0.131. The molecule has 0 radical (unpaired) electrons. The van der Waals surface area contributed by atoms with Crippen LogP contribution in [0.4, 0.5) is 5.69 Å². The first-order valence-electron chi connectivity index (χ1n) is 7.89. The second-order valence-corrected chi connectivity index (χ2v) is 5.59. The van der Waals surface area contributed by atoms with Crippen LogP contribution in [0, 0.1) is 6.92 Å². The van der Waals surface area contributed by atoms with E-state index < -0.39 is 5.97 Å². The quantitative estimate of drug-likeness (QED) is 0.707. The Morgan fingerprint density at radius 2 is 1.85 bits per heavy atom. The Kier molecular flexibility index (Phi) is 5.02. The maximum Gasteiger partial charge on any atom is 0.339 e. The highest BCUT2D eigenvalue weighted by atomic mass is 16.5. The van der Waals surface area contributed by atoms with E-state index in [1.165, 1.54) is 11.9 Å². The van der Waals surface area contributed by atoms with Gasteiger partial charge in [-0.1, -0.05) is 42.0 Å². The number of carbonyl (C=O) groups excluding carboxylic acids is 2. The molecule has 26 heavy (non-hydrogen) atoms. The maximum absolute atomic E-state index is 12.2. The van der Waals surface area contributed by atoms with E-state index in [9.17, 15) is 9.59 Å². The van der Waals surface area contributed by atoms with Crippen LogP contribution < -0.4 is 5.32 Å². The summed E-state index contributed by atoms with van der Waals surface area (Å²) in [6.07, 6.45) is 0. The van der Waals surface area contributed by atoms with Crippen molar-refractivity contribution in [1.29, 1.82) is 0 Å². The highest BCUT2D eigenvalue weighted by molar-refractivity contribution is 6.01. The van der Waals surface area contributed by atoms with Crippen LogP contribution in [-0.4, -0.2) is 39.2 Å². The van der Waals surface area contributed by atoms with Gasteiger partial charge < -0.3 is 10.1 Å². The molecule has 0 aliphatic heterocycles. The first-order chi connectivity index (χ1) is 12.6. The number of anilines is 1. The van der Waals surface area contributed by atoms with Gasteiger partial charge in [-0.3, -0.25) is 4.79 Å². The van der Waals surface area contributed by atoms with Gasteiger partial charge in [0.2, 0.25) is 11.7 Å². The molecule has 0 unspecified atom stereocenters. The molecule has 8 heteroatoms. The fourth-order valence-corrected chi connectivity index (χ4v) is 2.33. The second-order valence-electron chi connectivity index (χ2n) is 5.59. The molecule has 2 aromatic carbocycles. The first kappa shape index (κ1) is 17.3. The van der Waals surface area contributed by atoms with Crippen LogP contribution in [0.5, 0.6) is 0 Å². The number of rotatable bonds is 5. The second kappa shape index (κ2) is 7.56. The molecule has 132 valence electrons. The minimum atomic E-state index is -0.526. The van der Waals surface area contributed by atoms with E-state index in [0.717, 1.165) is 11.1 Å². The predicted molar refractivity (Wildman–Crippen MR) is 94.4 cm³/mol. The van der Waals surface area contributed by atoms with Crippen molar-refractivity contribution < 1.29 is 14.3 Å². The molecule has 1 heterocycles. The number of methoxy groups -OCH3 is 1. The van der Waals surface area contributed by atoms with E-state index in [2.05, 4.69) is 20.7 Å². The molecular weight excluding hydrogens is 334 g/mol. The molecule has 0 bridgehead atoms. The molecule has 0 saturated carbocycles. The standard InChI is InChI=1S/C18H17N5O3/c1-12-7-9-13(10-8-12)17-20-22-23(21-17)11-16(24)19-15-6-4-3-5-14(15)18(25)26-2/h3-10H,11H2,1-2H3,(H,19,24). The van der Waals surface area contributed by atoms with Gasteiger partial charge >= 0.3 is 5.97 Å². The lowest BCUT2D eigenvalue weighted by molar-refractivity contribution is -0.117. The van der Waals surface area contributed by atoms with E-state index in [0.29, 0.717) is 11.5 Å². The third kappa shape index (κ3) is 3.92. The molecule has 3 rings (SSSR count). The highest BCUT2D eigenvalue weighted by Crippen LogP contribution is 2.16. The number of esters is 1. The Morgan fingerprint density at radius 1 is 1.12 bits per heavy atom. The third-order valence-electron chi connectivity index (χ3n) is 3.65. The van der Waals surface area contributed by atoms with Crippen LogP contribution in [0.2, 0.25) is 0 Å². The van der Waals surface area contributed by atoms with Crippen molar-refractivity contribution in [3.8, 4) is 11.4 Å². The van der Waals surface area contributed by atoms with Gasteiger partial charge in [-0.25, -0.2) is 4.79 Å². The van der Waals surface area contributed by atoms with Gasteiger partial charge in [-0.05, 0) is 24.3 Å². The lowest BCUT2D eigenvalue weighted by atomic mass is 10.1. The first-order valence-corrected chi connectivity index (χ1v) is 7.89. The lowest BCUT2D eigenvalue weighted by Gasteiger charge is -2.08. The van der Waals surface area contributed by atoms with E-state index in [1.54, 1.807) is 24.3 Å². The molecule has 1 N–H and O–H groups in total. The summed E-state index contributed by atoms with van der Waals surface area (Å²) in [6, 6.07) is 14.3. The molecule has 0 aliphatic carbocycles. The number of nitrogens with one attached hydrogen (secondary N) is 1. The monoisotopic (exact) mass is 351 g/mol. The number of hydrogen-bond donors (Lipinski definition) is 1. The van der Waals surface area contributed by atoms with Crippen molar-refractivity contribution in [3.63, 3.8) is 0 Å². The van der Waals surface area contributed by atoms with Crippen LogP contribution in [0.1, 0.15) is 15.9 Å². The molecule has 8 nitrogen and oxygen atoms in total. The molecule has 0 fully saturated rings. The summed E-state index contributed by atoms with van der Waals surface area (Å²) in [5, 5.41) is 14.7. The zero-order valence-corrected chi connectivity index (χ0v) is 14.3. The fourth-order valence-electron chi connectivity index (χ4n) is 2.33. The van der Waals surface area contributed by atoms with Crippen molar-refractivity contribution in [3.05, 3.63) is 59.7 Å². The molecule has 0 atom stereocenters. The highest BCUT2D eigenvalue weighted by Gasteiger charge is 2.14. The summed E-state index contributed by atoms with van der Waals surface area (Å²) < 4.78 is 4.71. The molecule has 1 amide bonds. The summed E-state index contributed by atoms with van der Waals surface area (Å²) in [6.45, 7) is 1.86. The van der Waals surface area contributed by atoms with E-state index in [4.69, 9.17) is 4.74 Å². The summed E-state index contributed by atoms with van der Waals surface area (Å²) >= 11 is 0. The fraction of sp³-hybridized carbons (Fsp3) is 0.167. The lowest BCUT2D eigenvalue weighted by Crippen LogP contribution is -2.22. The van der Waals surface area contributed by atoms with Gasteiger partial charge in [0, 0.05) is 5.56 Å². The van der Waals surface area contributed by atoms with Gasteiger partial charge in [0.25, 0.3) is 0 Å². The van der Waals surface area contributed by atoms with Gasteiger partial charge in [-0.2, -0.15) is 4.80 Å². The summed E-state index contributed by atoms with van der Waals surface area (Å²) in [5.74, 6) is -0.469. The number of hydrogen-bond acceptors (Lipinski definition) is 6. The van der Waals surface area contributed by atoms with Crippen molar-refractivity contribution in [2.75, 3.05) is 12.4 Å². The Morgan fingerprint density at radius 3 is 2.58 bits per heavy atom. The van der Waals surface area contributed by atoms with Crippen LogP contribution >= 0.6 is 0 Å². The van der Waals surface area contributed by atoms with Crippen LogP contribution in [-0.2, 0) is 16.1 Å². The van der Waals surface area contributed by atoms with Gasteiger partial charge in [0.05, 0.1) is 18.4 Å². The number of aryl methyl sites for hydroxylation is 1. The largest absolute Gasteiger partial charge is 0.465 e. The van der Waals surface area contributed by atoms with E-state index in [1.807, 2.05) is 31.2 Å². The topological polar surface area (TPSA) is 99.0 Å². The number of carbonyl (C=O) groups is 2. The number of benzene rings is 2. The van der Waals surface area contributed by atoms with Gasteiger partial charge in [0.15, 0.2) is 0 Å². The van der Waals surface area contributed by atoms with Crippen molar-refractivity contribution in [2.45, 2.75) is 13.5 Å². The van der Waals surface area contributed by atoms with Gasteiger partial charge in [0.1, 0.15) is 6.54 Å². The van der Waals surface area contributed by atoms with Crippen LogP contribution in [0.15, 0.2) is 48.5 Å². The summed E-state index contributed by atoms with van der Waals surface area (Å²) in [7, 11) is 1.28. The Labute approximate surface area is 149 Å². The normalized spacial score (nSPS) is 10.4. The average molecular weight is 351 g/mol. The maximum atomic E-state index is 12.2. The van der Waals surface area contributed by atoms with Crippen molar-refractivity contribution >= 4 is 17.6 Å². The molecule has 0 saturated heterocycles. The molecule has 3 aromatic rings. The van der Waals surface area contributed by atoms with Crippen molar-refractivity contribution in [1.82, 2.24) is 20.2 Å². The smallest absolute Gasteiger partial charge is 0.339 e. The van der Waals surface area contributed by atoms with Crippen molar-refractivity contribution in [2.24, 2.45) is 0 Å². The number of nitrogens with zero attached hydrogens (tertiary/aromatic N) is 4.